The molecule has 21 heavy (non-hydrogen) atoms. The molecule has 1 amide bonds. The molecule has 0 saturated carbocycles. The van der Waals surface area contributed by atoms with E-state index in [1.54, 1.807) is 6.07 Å². The van der Waals surface area contributed by atoms with E-state index in [0.29, 0.717) is 18.8 Å². The maximum absolute atomic E-state index is 12.2. The second-order valence-corrected chi connectivity index (χ2v) is 5.14. The summed E-state index contributed by atoms with van der Waals surface area (Å²) >= 11 is 0. The fraction of sp³-hybridized carbons (Fsp3) is 0.400. The lowest BCUT2D eigenvalue weighted by Crippen LogP contribution is -2.49. The van der Waals surface area contributed by atoms with Gasteiger partial charge in [-0.15, -0.1) is 0 Å². The lowest BCUT2D eigenvalue weighted by atomic mass is 10.1. The largest absolute Gasteiger partial charge is 0.364 e. The Bertz CT molecular complexity index is 577. The number of piperazine rings is 1. The van der Waals surface area contributed by atoms with Crippen LogP contribution in [0.25, 0.3) is 0 Å². The predicted octanol–water partition coefficient (Wildman–Crippen LogP) is 1.59. The zero-order chi connectivity index (χ0) is 14.7. The van der Waals surface area contributed by atoms with Gasteiger partial charge in [0.05, 0.1) is 5.69 Å². The van der Waals surface area contributed by atoms with Crippen molar-refractivity contribution in [3.05, 3.63) is 48.1 Å². The highest BCUT2D eigenvalue weighted by Crippen LogP contribution is 2.20. The van der Waals surface area contributed by atoms with Crippen molar-refractivity contribution in [2.75, 3.05) is 26.2 Å². The summed E-state index contributed by atoms with van der Waals surface area (Å²) in [4.78, 5) is 20.7. The van der Waals surface area contributed by atoms with Crippen LogP contribution in [-0.4, -0.2) is 52.0 Å². The molecule has 1 fully saturated rings. The summed E-state index contributed by atoms with van der Waals surface area (Å²) in [6, 6.07) is 7.83. The average Bonchev–Trinajstić information content (AvgIpc) is 3.09. The van der Waals surface area contributed by atoms with Crippen LogP contribution in [-0.2, 0) is 0 Å². The Labute approximate surface area is 123 Å². The van der Waals surface area contributed by atoms with Gasteiger partial charge in [0.1, 0.15) is 6.26 Å². The van der Waals surface area contributed by atoms with E-state index in [0.717, 1.165) is 18.8 Å². The van der Waals surface area contributed by atoms with Crippen molar-refractivity contribution >= 4 is 5.91 Å². The SMILES string of the molecule is C[C@H](c1ccccn1)N1CCN(C(=O)c2ccon2)CC1. The third kappa shape index (κ3) is 2.95. The smallest absolute Gasteiger partial charge is 0.276 e. The van der Waals surface area contributed by atoms with E-state index < -0.39 is 0 Å². The summed E-state index contributed by atoms with van der Waals surface area (Å²) in [7, 11) is 0. The number of hydrogen-bond donors (Lipinski definition) is 0. The molecule has 3 rings (SSSR count). The summed E-state index contributed by atoms with van der Waals surface area (Å²) in [5, 5.41) is 3.70. The number of nitrogens with zero attached hydrogens (tertiary/aromatic N) is 4. The molecule has 1 aliphatic heterocycles. The molecule has 1 saturated heterocycles. The van der Waals surface area contributed by atoms with Crippen LogP contribution < -0.4 is 0 Å². The summed E-state index contributed by atoms with van der Waals surface area (Å²) in [6.07, 6.45) is 3.24. The first-order chi connectivity index (χ1) is 10.3. The Balaban J connectivity index is 1.59. The van der Waals surface area contributed by atoms with Gasteiger partial charge in [-0.05, 0) is 19.1 Å². The Hall–Kier alpha value is -2.21. The van der Waals surface area contributed by atoms with Gasteiger partial charge in [0, 0.05) is 44.5 Å². The molecule has 0 N–H and O–H groups in total. The van der Waals surface area contributed by atoms with Crippen LogP contribution in [0, 0.1) is 0 Å². The molecule has 6 nitrogen and oxygen atoms in total. The molecule has 0 radical (unpaired) electrons. The number of aromatic nitrogens is 2. The Morgan fingerprint density at radius 3 is 2.67 bits per heavy atom. The highest BCUT2D eigenvalue weighted by molar-refractivity contribution is 5.92. The fourth-order valence-electron chi connectivity index (χ4n) is 2.61. The minimum atomic E-state index is -0.0612. The number of carbonyl (C=O) groups is 1. The van der Waals surface area contributed by atoms with E-state index >= 15 is 0 Å². The van der Waals surface area contributed by atoms with Crippen molar-refractivity contribution in [2.45, 2.75) is 13.0 Å². The van der Waals surface area contributed by atoms with Crippen LogP contribution in [0.15, 0.2) is 41.2 Å². The summed E-state index contributed by atoms with van der Waals surface area (Å²) < 4.78 is 4.73. The van der Waals surface area contributed by atoms with Crippen molar-refractivity contribution in [3.8, 4) is 0 Å². The van der Waals surface area contributed by atoms with Gasteiger partial charge in [0.15, 0.2) is 5.69 Å². The molecule has 1 aliphatic rings. The second-order valence-electron chi connectivity index (χ2n) is 5.14. The van der Waals surface area contributed by atoms with E-state index in [1.807, 2.05) is 29.3 Å². The van der Waals surface area contributed by atoms with Gasteiger partial charge in [0.25, 0.3) is 5.91 Å². The van der Waals surface area contributed by atoms with Crippen LogP contribution in [0.1, 0.15) is 29.1 Å². The van der Waals surface area contributed by atoms with E-state index in [1.165, 1.54) is 6.26 Å². The van der Waals surface area contributed by atoms with Crippen molar-refractivity contribution in [1.82, 2.24) is 19.9 Å². The van der Waals surface area contributed by atoms with Gasteiger partial charge in [0.2, 0.25) is 0 Å². The standard InChI is InChI=1S/C15H18N4O2/c1-12(13-4-2-3-6-16-13)18-7-9-19(10-8-18)15(20)14-5-11-21-17-14/h2-6,11-12H,7-10H2,1H3/t12-/m1/s1. The van der Waals surface area contributed by atoms with E-state index in [2.05, 4.69) is 22.0 Å². The quantitative estimate of drug-likeness (QED) is 0.857. The van der Waals surface area contributed by atoms with E-state index in [4.69, 9.17) is 4.52 Å². The normalized spacial score (nSPS) is 17.7. The molecule has 0 spiro atoms. The number of hydrogen-bond acceptors (Lipinski definition) is 5. The maximum atomic E-state index is 12.2. The first kappa shape index (κ1) is 13.8. The predicted molar refractivity (Wildman–Crippen MR) is 76.6 cm³/mol. The zero-order valence-corrected chi connectivity index (χ0v) is 12.0. The first-order valence-electron chi connectivity index (χ1n) is 7.10. The van der Waals surface area contributed by atoms with Gasteiger partial charge in [-0.25, -0.2) is 0 Å². The minimum absolute atomic E-state index is 0.0612. The number of rotatable bonds is 3. The Morgan fingerprint density at radius 2 is 2.05 bits per heavy atom. The molecule has 2 aromatic rings. The van der Waals surface area contributed by atoms with Crippen LogP contribution in [0.3, 0.4) is 0 Å². The lowest BCUT2D eigenvalue weighted by molar-refractivity contribution is 0.0569. The Kier molecular flexibility index (Phi) is 3.96. The number of carbonyl (C=O) groups excluding carboxylic acids is 1. The molecule has 0 unspecified atom stereocenters. The highest BCUT2D eigenvalue weighted by Gasteiger charge is 2.26. The number of amides is 1. The minimum Gasteiger partial charge on any atom is -0.364 e. The van der Waals surface area contributed by atoms with Crippen molar-refractivity contribution in [2.24, 2.45) is 0 Å². The highest BCUT2D eigenvalue weighted by atomic mass is 16.5. The Morgan fingerprint density at radius 1 is 1.24 bits per heavy atom. The van der Waals surface area contributed by atoms with E-state index in [9.17, 15) is 4.79 Å². The second kappa shape index (κ2) is 6.05. The monoisotopic (exact) mass is 286 g/mol. The molecule has 2 aromatic heterocycles. The van der Waals surface area contributed by atoms with E-state index in [-0.39, 0.29) is 11.9 Å². The third-order valence-electron chi connectivity index (χ3n) is 3.92. The summed E-state index contributed by atoms with van der Waals surface area (Å²) in [6.45, 7) is 5.21. The van der Waals surface area contributed by atoms with Crippen LogP contribution in [0.2, 0.25) is 0 Å². The maximum Gasteiger partial charge on any atom is 0.276 e. The van der Waals surface area contributed by atoms with Gasteiger partial charge < -0.3 is 9.42 Å². The fourth-order valence-corrected chi connectivity index (χ4v) is 2.61. The molecule has 6 heteroatoms. The zero-order valence-electron chi connectivity index (χ0n) is 12.0. The van der Waals surface area contributed by atoms with Crippen molar-refractivity contribution in [1.29, 1.82) is 0 Å². The lowest BCUT2D eigenvalue weighted by Gasteiger charge is -2.37. The topological polar surface area (TPSA) is 62.5 Å². The first-order valence-corrected chi connectivity index (χ1v) is 7.10. The molecule has 0 bridgehead atoms. The summed E-state index contributed by atoms with van der Waals surface area (Å²) in [5.74, 6) is -0.0612. The summed E-state index contributed by atoms with van der Waals surface area (Å²) in [5.41, 5.74) is 1.44. The molecule has 0 aromatic carbocycles. The molecule has 0 aliphatic carbocycles. The van der Waals surface area contributed by atoms with Gasteiger partial charge in [-0.2, -0.15) is 0 Å². The van der Waals surface area contributed by atoms with Gasteiger partial charge in [-0.1, -0.05) is 11.2 Å². The van der Waals surface area contributed by atoms with Gasteiger partial charge >= 0.3 is 0 Å². The average molecular weight is 286 g/mol. The third-order valence-corrected chi connectivity index (χ3v) is 3.92. The van der Waals surface area contributed by atoms with Gasteiger partial charge in [-0.3, -0.25) is 14.7 Å². The van der Waals surface area contributed by atoms with Crippen LogP contribution >= 0.6 is 0 Å². The molecule has 110 valence electrons. The van der Waals surface area contributed by atoms with Crippen molar-refractivity contribution in [3.63, 3.8) is 0 Å². The van der Waals surface area contributed by atoms with Crippen molar-refractivity contribution < 1.29 is 9.32 Å². The van der Waals surface area contributed by atoms with Crippen LogP contribution in [0.5, 0.6) is 0 Å². The molecular weight excluding hydrogens is 268 g/mol. The molecule has 1 atom stereocenters. The van der Waals surface area contributed by atoms with Crippen LogP contribution in [0.4, 0.5) is 0 Å². The number of pyridine rings is 1. The molecular formula is C15H18N4O2. The molecule has 3 heterocycles.